The monoisotopic (exact) mass is 416 g/mol. The maximum Gasteiger partial charge on any atom is 0.261 e. The van der Waals surface area contributed by atoms with Crippen molar-refractivity contribution in [3.05, 3.63) is 59.7 Å². The fourth-order valence-corrected chi connectivity index (χ4v) is 4.37. The summed E-state index contributed by atoms with van der Waals surface area (Å²) in [5.74, 6) is 0.335. The molecule has 29 heavy (non-hydrogen) atoms. The van der Waals surface area contributed by atoms with Crippen LogP contribution in [0.5, 0.6) is 0 Å². The van der Waals surface area contributed by atoms with Crippen molar-refractivity contribution in [2.75, 3.05) is 25.0 Å². The van der Waals surface area contributed by atoms with Gasteiger partial charge in [0.25, 0.3) is 10.0 Å². The van der Waals surface area contributed by atoms with Crippen molar-refractivity contribution in [2.24, 2.45) is 0 Å². The topological polar surface area (TPSA) is 84.5 Å². The number of hydrogen-bond donors (Lipinski definition) is 2. The van der Waals surface area contributed by atoms with Crippen LogP contribution in [-0.4, -0.2) is 34.6 Å². The zero-order chi connectivity index (χ0) is 21.1. The molecule has 2 N–H and O–H groups in total. The predicted octanol–water partition coefficient (Wildman–Crippen LogP) is 3.41. The van der Waals surface area contributed by atoms with Gasteiger partial charge in [0, 0.05) is 19.3 Å². The SMILES string of the molecule is COCCNC(=O)C1(c2ccc(NS(=O)(=O)c3ccc(C(C)C)cc3)cc2)CC1. The van der Waals surface area contributed by atoms with E-state index in [1.54, 1.807) is 31.4 Å². The van der Waals surface area contributed by atoms with E-state index in [1.165, 1.54) is 0 Å². The van der Waals surface area contributed by atoms with Gasteiger partial charge in [-0.05, 0) is 54.2 Å². The molecule has 0 radical (unpaired) electrons. The molecule has 3 rings (SSSR count). The van der Waals surface area contributed by atoms with Crippen LogP contribution in [0.25, 0.3) is 0 Å². The lowest BCUT2D eigenvalue weighted by Gasteiger charge is -2.16. The molecule has 0 heterocycles. The normalized spacial score (nSPS) is 15.2. The lowest BCUT2D eigenvalue weighted by atomic mass is 9.95. The second kappa shape index (κ2) is 8.55. The summed E-state index contributed by atoms with van der Waals surface area (Å²) in [6.07, 6.45) is 1.58. The number of sulfonamides is 1. The lowest BCUT2D eigenvalue weighted by Crippen LogP contribution is -2.36. The Morgan fingerprint density at radius 1 is 1.07 bits per heavy atom. The molecule has 1 saturated carbocycles. The van der Waals surface area contributed by atoms with E-state index in [9.17, 15) is 13.2 Å². The summed E-state index contributed by atoms with van der Waals surface area (Å²) in [6.45, 7) is 5.08. The van der Waals surface area contributed by atoms with Crippen molar-refractivity contribution in [1.82, 2.24) is 5.32 Å². The van der Waals surface area contributed by atoms with Crippen LogP contribution >= 0.6 is 0 Å². The molecule has 0 unspecified atom stereocenters. The second-order valence-corrected chi connectivity index (χ2v) is 9.42. The molecule has 1 aliphatic rings. The number of benzene rings is 2. The fourth-order valence-electron chi connectivity index (χ4n) is 3.31. The number of carbonyl (C=O) groups is 1. The number of rotatable bonds is 9. The van der Waals surface area contributed by atoms with Crippen molar-refractivity contribution >= 4 is 21.6 Å². The predicted molar refractivity (Wildman–Crippen MR) is 114 cm³/mol. The van der Waals surface area contributed by atoms with Crippen LogP contribution in [0.4, 0.5) is 5.69 Å². The van der Waals surface area contributed by atoms with Gasteiger partial charge in [0.2, 0.25) is 5.91 Å². The van der Waals surface area contributed by atoms with E-state index in [0.717, 1.165) is 24.0 Å². The highest BCUT2D eigenvalue weighted by Crippen LogP contribution is 2.48. The summed E-state index contributed by atoms with van der Waals surface area (Å²) >= 11 is 0. The standard InChI is InChI=1S/C22H28N2O4S/c1-16(2)17-4-10-20(11-5-17)29(26,27)24-19-8-6-18(7-9-19)22(12-13-22)21(25)23-14-15-28-3/h4-11,16,24H,12-15H2,1-3H3,(H,23,25). The number of nitrogens with one attached hydrogen (secondary N) is 2. The van der Waals surface area contributed by atoms with E-state index in [4.69, 9.17) is 4.74 Å². The van der Waals surface area contributed by atoms with Crippen LogP contribution in [0.2, 0.25) is 0 Å². The highest BCUT2D eigenvalue weighted by molar-refractivity contribution is 7.92. The van der Waals surface area contributed by atoms with E-state index in [0.29, 0.717) is 24.8 Å². The summed E-state index contributed by atoms with van der Waals surface area (Å²) in [5.41, 5.74) is 1.96. The molecular weight excluding hydrogens is 388 g/mol. The molecular formula is C22H28N2O4S. The zero-order valence-electron chi connectivity index (χ0n) is 17.1. The Hall–Kier alpha value is -2.38. The minimum atomic E-state index is -3.66. The fraction of sp³-hybridized carbons (Fsp3) is 0.409. The molecule has 7 heteroatoms. The molecule has 156 valence electrons. The minimum Gasteiger partial charge on any atom is -0.383 e. The molecule has 0 aromatic heterocycles. The number of anilines is 1. The maximum atomic E-state index is 12.6. The van der Waals surface area contributed by atoms with Gasteiger partial charge in [0.15, 0.2) is 0 Å². The Balaban J connectivity index is 1.69. The first kappa shape index (κ1) is 21.3. The lowest BCUT2D eigenvalue weighted by molar-refractivity contribution is -0.123. The van der Waals surface area contributed by atoms with Crippen molar-refractivity contribution in [1.29, 1.82) is 0 Å². The summed E-state index contributed by atoms with van der Waals surface area (Å²) in [4.78, 5) is 12.7. The first-order chi connectivity index (χ1) is 13.8. The minimum absolute atomic E-state index is 0.00637. The zero-order valence-corrected chi connectivity index (χ0v) is 17.9. The van der Waals surface area contributed by atoms with Gasteiger partial charge in [-0.25, -0.2) is 8.42 Å². The van der Waals surface area contributed by atoms with Gasteiger partial charge < -0.3 is 10.1 Å². The van der Waals surface area contributed by atoms with E-state index < -0.39 is 15.4 Å². The highest BCUT2D eigenvalue weighted by Gasteiger charge is 2.51. The van der Waals surface area contributed by atoms with Crippen molar-refractivity contribution in [3.63, 3.8) is 0 Å². The molecule has 0 spiro atoms. The van der Waals surface area contributed by atoms with E-state index >= 15 is 0 Å². The van der Waals surface area contributed by atoms with Crippen LogP contribution in [0.15, 0.2) is 53.4 Å². The molecule has 6 nitrogen and oxygen atoms in total. The molecule has 1 amide bonds. The van der Waals surface area contributed by atoms with Gasteiger partial charge in [-0.15, -0.1) is 0 Å². The maximum absolute atomic E-state index is 12.6. The van der Waals surface area contributed by atoms with Gasteiger partial charge in [0.05, 0.1) is 16.9 Å². The average molecular weight is 417 g/mol. The number of methoxy groups -OCH3 is 1. The summed E-state index contributed by atoms with van der Waals surface area (Å²) in [7, 11) is -2.07. The second-order valence-electron chi connectivity index (χ2n) is 7.74. The summed E-state index contributed by atoms with van der Waals surface area (Å²) in [5, 5.41) is 2.90. The van der Waals surface area contributed by atoms with E-state index in [-0.39, 0.29) is 10.8 Å². The third-order valence-corrected chi connectivity index (χ3v) is 6.72. The Labute approximate surface area is 172 Å². The van der Waals surface area contributed by atoms with Gasteiger partial charge in [0.1, 0.15) is 0 Å². The van der Waals surface area contributed by atoms with Gasteiger partial charge in [-0.3, -0.25) is 9.52 Å². The van der Waals surface area contributed by atoms with Crippen molar-refractivity contribution < 1.29 is 17.9 Å². The summed E-state index contributed by atoms with van der Waals surface area (Å²) in [6, 6.07) is 14.0. The summed E-state index contributed by atoms with van der Waals surface area (Å²) < 4.78 is 32.9. The largest absolute Gasteiger partial charge is 0.383 e. The smallest absolute Gasteiger partial charge is 0.261 e. The van der Waals surface area contributed by atoms with Gasteiger partial charge >= 0.3 is 0 Å². The first-order valence-electron chi connectivity index (χ1n) is 9.79. The molecule has 2 aromatic carbocycles. The van der Waals surface area contributed by atoms with Crippen LogP contribution in [-0.2, 0) is 25.0 Å². The average Bonchev–Trinajstić information content (AvgIpc) is 3.50. The highest BCUT2D eigenvalue weighted by atomic mass is 32.2. The number of hydrogen-bond acceptors (Lipinski definition) is 4. The molecule has 0 atom stereocenters. The van der Waals surface area contributed by atoms with Crippen LogP contribution in [0.3, 0.4) is 0 Å². The molecule has 0 saturated heterocycles. The number of amides is 1. The van der Waals surface area contributed by atoms with Crippen molar-refractivity contribution in [2.45, 2.75) is 42.9 Å². The van der Waals surface area contributed by atoms with E-state index in [1.807, 2.05) is 24.3 Å². The van der Waals surface area contributed by atoms with Crippen LogP contribution in [0, 0.1) is 0 Å². The van der Waals surface area contributed by atoms with Crippen LogP contribution < -0.4 is 10.0 Å². The third kappa shape index (κ3) is 4.79. The first-order valence-corrected chi connectivity index (χ1v) is 11.3. The molecule has 2 aromatic rings. The third-order valence-electron chi connectivity index (χ3n) is 5.32. The Bertz CT molecular complexity index is 947. The van der Waals surface area contributed by atoms with Gasteiger partial charge in [-0.2, -0.15) is 0 Å². The Morgan fingerprint density at radius 3 is 2.21 bits per heavy atom. The molecule has 1 fully saturated rings. The number of ether oxygens (including phenoxy) is 1. The van der Waals surface area contributed by atoms with Crippen molar-refractivity contribution in [3.8, 4) is 0 Å². The quantitative estimate of drug-likeness (QED) is 0.614. The Morgan fingerprint density at radius 2 is 1.69 bits per heavy atom. The van der Waals surface area contributed by atoms with Gasteiger partial charge in [-0.1, -0.05) is 38.1 Å². The Kier molecular flexibility index (Phi) is 6.29. The molecule has 0 bridgehead atoms. The van der Waals surface area contributed by atoms with E-state index in [2.05, 4.69) is 23.9 Å². The number of carbonyl (C=O) groups excluding carboxylic acids is 1. The van der Waals surface area contributed by atoms with Crippen LogP contribution in [0.1, 0.15) is 43.7 Å². The molecule has 1 aliphatic carbocycles. The molecule has 0 aliphatic heterocycles.